The summed E-state index contributed by atoms with van der Waals surface area (Å²) in [7, 11) is 3.34. The van der Waals surface area contributed by atoms with Gasteiger partial charge in [-0.2, -0.15) is 5.10 Å². The molecule has 8 heteroatoms. The van der Waals surface area contributed by atoms with Crippen LogP contribution in [-0.4, -0.2) is 47.2 Å². The van der Waals surface area contributed by atoms with Gasteiger partial charge in [0.15, 0.2) is 0 Å². The highest BCUT2D eigenvalue weighted by Gasteiger charge is 2.36. The number of anilines is 1. The molecule has 1 fully saturated rings. The minimum Gasteiger partial charge on any atom is -0.378 e. The largest absolute Gasteiger partial charge is 0.378 e. The Balaban J connectivity index is 2.21. The van der Waals surface area contributed by atoms with Crippen molar-refractivity contribution in [2.45, 2.75) is 31.8 Å². The van der Waals surface area contributed by atoms with E-state index in [1.165, 1.54) is 4.68 Å². The van der Waals surface area contributed by atoms with Crippen LogP contribution in [0.1, 0.15) is 25.5 Å². The Bertz CT molecular complexity index is 509. The maximum Gasteiger partial charge on any atom is 0.333 e. The summed E-state index contributed by atoms with van der Waals surface area (Å²) in [6, 6.07) is 0. The number of nitrogens with one attached hydrogen (secondary N) is 1. The number of ether oxygens (including phenoxy) is 2. The summed E-state index contributed by atoms with van der Waals surface area (Å²) < 4.78 is 12.4. The SMILES string of the molecule is CCCc1nn(C)c(NCC2(OC)CCOC2)c1[N+](=O)[O-]. The topological polar surface area (TPSA) is 91.5 Å². The fraction of sp³-hybridized carbons (Fsp3) is 0.769. The van der Waals surface area contributed by atoms with Crippen molar-refractivity contribution < 1.29 is 14.4 Å². The van der Waals surface area contributed by atoms with Crippen LogP contribution in [0.5, 0.6) is 0 Å². The maximum absolute atomic E-state index is 11.3. The third-order valence-corrected chi connectivity index (χ3v) is 3.84. The normalized spacial score (nSPS) is 21.7. The van der Waals surface area contributed by atoms with Gasteiger partial charge in [-0.25, -0.2) is 4.68 Å². The van der Waals surface area contributed by atoms with E-state index in [-0.39, 0.29) is 10.6 Å². The van der Waals surface area contributed by atoms with Gasteiger partial charge < -0.3 is 14.8 Å². The summed E-state index contributed by atoms with van der Waals surface area (Å²) in [4.78, 5) is 11.0. The zero-order valence-corrected chi connectivity index (χ0v) is 12.7. The van der Waals surface area contributed by atoms with E-state index in [1.54, 1.807) is 14.2 Å². The average molecular weight is 298 g/mol. The smallest absolute Gasteiger partial charge is 0.333 e. The molecule has 0 bridgehead atoms. The molecule has 8 nitrogen and oxygen atoms in total. The van der Waals surface area contributed by atoms with E-state index in [2.05, 4.69) is 10.4 Å². The number of hydrogen-bond donors (Lipinski definition) is 1. The summed E-state index contributed by atoms with van der Waals surface area (Å²) in [5.74, 6) is 0.423. The Hall–Kier alpha value is -1.67. The first kappa shape index (κ1) is 15.7. The van der Waals surface area contributed by atoms with Crippen LogP contribution in [0.3, 0.4) is 0 Å². The first-order valence-corrected chi connectivity index (χ1v) is 7.10. The van der Waals surface area contributed by atoms with Gasteiger partial charge in [0.25, 0.3) is 0 Å². The van der Waals surface area contributed by atoms with E-state index in [0.717, 1.165) is 12.8 Å². The Morgan fingerprint density at radius 1 is 1.62 bits per heavy atom. The number of methoxy groups -OCH3 is 1. The Kier molecular flexibility index (Phi) is 4.79. The second-order valence-corrected chi connectivity index (χ2v) is 5.32. The van der Waals surface area contributed by atoms with Gasteiger partial charge >= 0.3 is 5.69 Å². The highest BCUT2D eigenvalue weighted by Crippen LogP contribution is 2.30. The third kappa shape index (κ3) is 3.16. The van der Waals surface area contributed by atoms with E-state index < -0.39 is 5.60 Å². The molecule has 1 aliphatic rings. The zero-order chi connectivity index (χ0) is 15.5. The van der Waals surface area contributed by atoms with E-state index in [9.17, 15) is 10.1 Å². The van der Waals surface area contributed by atoms with Crippen LogP contribution in [0.15, 0.2) is 0 Å². The predicted molar refractivity (Wildman–Crippen MR) is 77.5 cm³/mol. The van der Waals surface area contributed by atoms with E-state index in [0.29, 0.717) is 37.7 Å². The molecule has 0 saturated carbocycles. The fourth-order valence-corrected chi connectivity index (χ4v) is 2.57. The lowest BCUT2D eigenvalue weighted by atomic mass is 10.0. The number of hydrogen-bond acceptors (Lipinski definition) is 6. The third-order valence-electron chi connectivity index (χ3n) is 3.84. The number of nitro groups is 1. The van der Waals surface area contributed by atoms with Crippen LogP contribution in [-0.2, 0) is 22.9 Å². The minimum absolute atomic E-state index is 0.0597. The van der Waals surface area contributed by atoms with Crippen LogP contribution in [0.25, 0.3) is 0 Å². The highest BCUT2D eigenvalue weighted by molar-refractivity contribution is 5.60. The summed E-state index contributed by atoms with van der Waals surface area (Å²) >= 11 is 0. The Morgan fingerprint density at radius 3 is 2.90 bits per heavy atom. The van der Waals surface area contributed by atoms with Gasteiger partial charge in [0.05, 0.1) is 11.5 Å². The van der Waals surface area contributed by atoms with Gasteiger partial charge in [0.2, 0.25) is 5.82 Å². The van der Waals surface area contributed by atoms with Gasteiger partial charge in [-0.3, -0.25) is 10.1 Å². The van der Waals surface area contributed by atoms with Crippen LogP contribution in [0.2, 0.25) is 0 Å². The molecule has 1 aromatic heterocycles. The molecule has 0 aliphatic carbocycles. The lowest BCUT2D eigenvalue weighted by molar-refractivity contribution is -0.384. The predicted octanol–water partition coefficient (Wildman–Crippen LogP) is 1.50. The monoisotopic (exact) mass is 298 g/mol. The Labute approximate surface area is 123 Å². The molecule has 0 aromatic carbocycles. The fourth-order valence-electron chi connectivity index (χ4n) is 2.57. The van der Waals surface area contributed by atoms with Gasteiger partial charge in [0.1, 0.15) is 11.3 Å². The van der Waals surface area contributed by atoms with Crippen LogP contribution in [0, 0.1) is 10.1 Å². The number of aromatic nitrogens is 2. The number of nitrogens with zero attached hydrogens (tertiary/aromatic N) is 3. The second-order valence-electron chi connectivity index (χ2n) is 5.32. The van der Waals surface area contributed by atoms with Crippen molar-refractivity contribution >= 4 is 11.5 Å². The lowest BCUT2D eigenvalue weighted by Gasteiger charge is -2.26. The average Bonchev–Trinajstić information content (AvgIpc) is 3.02. The molecule has 1 atom stereocenters. The molecule has 1 saturated heterocycles. The number of aryl methyl sites for hydroxylation is 2. The van der Waals surface area contributed by atoms with Crippen molar-refractivity contribution in [1.82, 2.24) is 9.78 Å². The highest BCUT2D eigenvalue weighted by atomic mass is 16.6. The van der Waals surface area contributed by atoms with Crippen LogP contribution < -0.4 is 5.32 Å². The van der Waals surface area contributed by atoms with Crippen molar-refractivity contribution in [3.8, 4) is 0 Å². The first-order chi connectivity index (χ1) is 10.0. The standard InChI is InChI=1S/C13H22N4O4/c1-4-5-10-11(17(18)19)12(16(2)15-10)14-8-13(20-3)6-7-21-9-13/h14H,4-9H2,1-3H3. The molecular formula is C13H22N4O4. The second kappa shape index (κ2) is 6.40. The molecule has 0 radical (unpaired) electrons. The molecule has 0 amide bonds. The molecular weight excluding hydrogens is 276 g/mol. The van der Waals surface area contributed by atoms with Crippen molar-refractivity contribution in [3.63, 3.8) is 0 Å². The van der Waals surface area contributed by atoms with Crippen molar-refractivity contribution in [1.29, 1.82) is 0 Å². The van der Waals surface area contributed by atoms with E-state index in [1.807, 2.05) is 6.92 Å². The van der Waals surface area contributed by atoms with E-state index in [4.69, 9.17) is 9.47 Å². The quantitative estimate of drug-likeness (QED) is 0.606. The first-order valence-electron chi connectivity index (χ1n) is 7.10. The van der Waals surface area contributed by atoms with Crippen molar-refractivity contribution in [2.24, 2.45) is 7.05 Å². The molecule has 0 spiro atoms. The summed E-state index contributed by atoms with van der Waals surface area (Å²) in [5, 5.41) is 18.7. The van der Waals surface area contributed by atoms with Gasteiger partial charge in [-0.05, 0) is 6.42 Å². The van der Waals surface area contributed by atoms with Gasteiger partial charge in [-0.1, -0.05) is 13.3 Å². The summed E-state index contributed by atoms with van der Waals surface area (Å²) in [6.07, 6.45) is 2.17. The number of rotatable bonds is 7. The summed E-state index contributed by atoms with van der Waals surface area (Å²) in [6.45, 7) is 3.56. The lowest BCUT2D eigenvalue weighted by Crippen LogP contribution is -2.40. The molecule has 21 heavy (non-hydrogen) atoms. The van der Waals surface area contributed by atoms with Crippen molar-refractivity contribution in [3.05, 3.63) is 15.8 Å². The maximum atomic E-state index is 11.3. The Morgan fingerprint density at radius 2 is 2.38 bits per heavy atom. The molecule has 2 heterocycles. The van der Waals surface area contributed by atoms with Gasteiger partial charge in [0, 0.05) is 33.7 Å². The molecule has 1 aromatic rings. The molecule has 1 N–H and O–H groups in total. The van der Waals surface area contributed by atoms with Crippen LogP contribution >= 0.6 is 0 Å². The minimum atomic E-state index is -0.428. The molecule has 1 unspecified atom stereocenters. The van der Waals surface area contributed by atoms with Crippen molar-refractivity contribution in [2.75, 3.05) is 32.2 Å². The van der Waals surface area contributed by atoms with Crippen LogP contribution in [0.4, 0.5) is 11.5 Å². The summed E-state index contributed by atoms with van der Waals surface area (Å²) in [5.41, 5.74) is 0.148. The molecule has 2 rings (SSSR count). The van der Waals surface area contributed by atoms with E-state index >= 15 is 0 Å². The molecule has 1 aliphatic heterocycles. The molecule has 118 valence electrons. The van der Waals surface area contributed by atoms with Gasteiger partial charge in [-0.15, -0.1) is 0 Å². The zero-order valence-electron chi connectivity index (χ0n) is 12.7.